The van der Waals surface area contributed by atoms with Crippen LogP contribution in [0.25, 0.3) is 0 Å². The van der Waals surface area contributed by atoms with Gasteiger partial charge in [0.05, 0.1) is 6.04 Å². The van der Waals surface area contributed by atoms with Crippen LogP contribution in [0.2, 0.25) is 0 Å². The lowest BCUT2D eigenvalue weighted by Crippen LogP contribution is -2.38. The van der Waals surface area contributed by atoms with Crippen LogP contribution in [0.5, 0.6) is 0 Å². The minimum Gasteiger partial charge on any atom is -0.291 e. The lowest BCUT2D eigenvalue weighted by molar-refractivity contribution is -0.120. The monoisotopic (exact) mass is 210 g/mol. The molecule has 0 aliphatic carbocycles. The molecule has 4 heteroatoms. The van der Waals surface area contributed by atoms with Crippen molar-refractivity contribution in [1.29, 1.82) is 0 Å². The Kier molecular flexibility index (Phi) is 4.35. The van der Waals surface area contributed by atoms with Gasteiger partial charge in [0.2, 0.25) is 5.91 Å². The number of hydrogen-bond acceptors (Lipinski definition) is 3. The van der Waals surface area contributed by atoms with E-state index in [9.17, 15) is 4.79 Å². The second-order valence-electron chi connectivity index (χ2n) is 2.92. The molecule has 0 aromatic carbocycles. The van der Waals surface area contributed by atoms with Crippen molar-refractivity contribution in [3.8, 4) is 0 Å². The highest BCUT2D eigenvalue weighted by Gasteiger charge is 2.09. The maximum Gasteiger partial charge on any atom is 0.230 e. The van der Waals surface area contributed by atoms with E-state index in [-0.39, 0.29) is 11.9 Å². The maximum absolute atomic E-state index is 10.7. The van der Waals surface area contributed by atoms with E-state index in [1.165, 1.54) is 11.8 Å². The van der Waals surface area contributed by atoms with E-state index in [1.54, 1.807) is 11.3 Å². The molecule has 1 heterocycles. The molecule has 1 amide bonds. The fraction of sp³-hybridized carbons (Fsp3) is 0.300. The number of carbonyl (C=O) groups is 1. The maximum atomic E-state index is 10.7. The number of thiophene rings is 1. The summed E-state index contributed by atoms with van der Waals surface area (Å²) < 4.78 is 0. The number of carbonyl (C=O) groups excluding carboxylic acids is 1. The number of hydrogen-bond donors (Lipinski definition) is 2. The Bertz CT molecular complexity index is 295. The quantitative estimate of drug-likeness (QED) is 0.576. The number of hydrazine groups is 1. The van der Waals surface area contributed by atoms with Gasteiger partial charge in [-0.1, -0.05) is 12.1 Å². The first-order chi connectivity index (χ1) is 6.74. The summed E-state index contributed by atoms with van der Waals surface area (Å²) in [5.41, 5.74) is 5.55. The normalized spacial score (nSPS) is 12.1. The zero-order valence-corrected chi connectivity index (χ0v) is 8.93. The van der Waals surface area contributed by atoms with E-state index in [4.69, 9.17) is 0 Å². The molecule has 76 valence electrons. The van der Waals surface area contributed by atoms with Crippen molar-refractivity contribution >= 4 is 17.2 Å². The summed E-state index contributed by atoms with van der Waals surface area (Å²) in [5.74, 6) is -0.0874. The van der Waals surface area contributed by atoms with Gasteiger partial charge in [0.1, 0.15) is 0 Å². The molecule has 0 fully saturated rings. The molecule has 0 unspecified atom stereocenters. The Hall–Kier alpha value is -1.13. The first-order valence-corrected chi connectivity index (χ1v) is 5.28. The summed E-state index contributed by atoms with van der Waals surface area (Å²) in [6.07, 6.45) is 2.62. The molecule has 1 aromatic heterocycles. The lowest BCUT2D eigenvalue weighted by Gasteiger charge is -2.15. The van der Waals surface area contributed by atoms with Crippen molar-refractivity contribution in [2.45, 2.75) is 19.4 Å². The van der Waals surface area contributed by atoms with Gasteiger partial charge in [-0.3, -0.25) is 10.2 Å². The molecule has 1 atom stereocenters. The van der Waals surface area contributed by atoms with E-state index < -0.39 is 0 Å². The van der Waals surface area contributed by atoms with Gasteiger partial charge >= 0.3 is 0 Å². The molecule has 14 heavy (non-hydrogen) atoms. The zero-order valence-electron chi connectivity index (χ0n) is 8.12. The van der Waals surface area contributed by atoms with Crippen LogP contribution in [0.3, 0.4) is 0 Å². The molecule has 0 saturated carbocycles. The fourth-order valence-electron chi connectivity index (χ4n) is 1.09. The largest absolute Gasteiger partial charge is 0.291 e. The second kappa shape index (κ2) is 5.57. The SMILES string of the molecule is C=CC[C@@H](NNC(C)=O)c1cccs1. The third-order valence-corrected chi connectivity index (χ3v) is 2.70. The van der Waals surface area contributed by atoms with Crippen molar-refractivity contribution in [2.24, 2.45) is 0 Å². The molecule has 0 spiro atoms. The van der Waals surface area contributed by atoms with Crippen molar-refractivity contribution in [3.05, 3.63) is 35.0 Å². The van der Waals surface area contributed by atoms with Gasteiger partial charge in [0.25, 0.3) is 0 Å². The van der Waals surface area contributed by atoms with Gasteiger partial charge in [0, 0.05) is 11.8 Å². The molecule has 0 radical (unpaired) electrons. The summed E-state index contributed by atoms with van der Waals surface area (Å²) in [6, 6.07) is 4.15. The van der Waals surface area contributed by atoms with E-state index in [0.29, 0.717) is 0 Å². The van der Waals surface area contributed by atoms with Gasteiger partial charge < -0.3 is 0 Å². The highest BCUT2D eigenvalue weighted by Crippen LogP contribution is 2.21. The highest BCUT2D eigenvalue weighted by atomic mass is 32.1. The molecule has 3 nitrogen and oxygen atoms in total. The van der Waals surface area contributed by atoms with Crippen LogP contribution in [0, 0.1) is 0 Å². The zero-order chi connectivity index (χ0) is 10.4. The Labute approximate surface area is 87.8 Å². The number of rotatable bonds is 5. The highest BCUT2D eigenvalue weighted by molar-refractivity contribution is 7.10. The molecule has 0 aliphatic rings. The lowest BCUT2D eigenvalue weighted by atomic mass is 10.2. The predicted molar refractivity (Wildman–Crippen MR) is 58.8 cm³/mol. The Balaban J connectivity index is 2.55. The van der Waals surface area contributed by atoms with Crippen LogP contribution in [0.4, 0.5) is 0 Å². The van der Waals surface area contributed by atoms with E-state index in [0.717, 1.165) is 6.42 Å². The van der Waals surface area contributed by atoms with Gasteiger partial charge in [-0.05, 0) is 17.9 Å². The summed E-state index contributed by atoms with van der Waals surface area (Å²) in [7, 11) is 0. The smallest absolute Gasteiger partial charge is 0.230 e. The van der Waals surface area contributed by atoms with Crippen LogP contribution in [-0.4, -0.2) is 5.91 Å². The van der Waals surface area contributed by atoms with Crippen molar-refractivity contribution in [1.82, 2.24) is 10.9 Å². The minimum atomic E-state index is -0.0874. The Morgan fingerprint density at radius 2 is 2.57 bits per heavy atom. The van der Waals surface area contributed by atoms with Crippen LogP contribution < -0.4 is 10.9 Å². The van der Waals surface area contributed by atoms with Gasteiger partial charge in [-0.2, -0.15) is 0 Å². The molecular formula is C10H14N2OS. The fourth-order valence-corrected chi connectivity index (χ4v) is 1.88. The summed E-state index contributed by atoms with van der Waals surface area (Å²) >= 11 is 1.66. The van der Waals surface area contributed by atoms with Crippen LogP contribution in [-0.2, 0) is 4.79 Å². The first-order valence-electron chi connectivity index (χ1n) is 4.40. The van der Waals surface area contributed by atoms with Gasteiger partial charge in [-0.15, -0.1) is 17.9 Å². The summed E-state index contributed by atoms with van der Waals surface area (Å²) in [5, 5.41) is 2.01. The molecular weight excluding hydrogens is 196 g/mol. The minimum absolute atomic E-state index is 0.0874. The molecule has 0 saturated heterocycles. The van der Waals surface area contributed by atoms with Crippen molar-refractivity contribution in [2.75, 3.05) is 0 Å². The number of amides is 1. The van der Waals surface area contributed by atoms with E-state index in [2.05, 4.69) is 17.4 Å². The average molecular weight is 210 g/mol. The van der Waals surface area contributed by atoms with Gasteiger partial charge in [-0.25, -0.2) is 5.43 Å². The summed E-state index contributed by atoms with van der Waals surface area (Å²) in [4.78, 5) is 11.9. The Morgan fingerprint density at radius 1 is 1.79 bits per heavy atom. The molecule has 0 bridgehead atoms. The standard InChI is InChI=1S/C10H14N2OS/c1-3-5-9(12-11-8(2)13)10-6-4-7-14-10/h3-4,6-7,9,12H,1,5H2,2H3,(H,11,13)/t9-/m1/s1. The van der Waals surface area contributed by atoms with Crippen molar-refractivity contribution < 1.29 is 4.79 Å². The van der Waals surface area contributed by atoms with Crippen LogP contribution >= 0.6 is 11.3 Å². The Morgan fingerprint density at radius 3 is 3.07 bits per heavy atom. The first kappa shape index (κ1) is 10.9. The average Bonchev–Trinajstić information content (AvgIpc) is 2.64. The third kappa shape index (κ3) is 3.32. The topological polar surface area (TPSA) is 41.1 Å². The van der Waals surface area contributed by atoms with E-state index >= 15 is 0 Å². The molecule has 1 rings (SSSR count). The van der Waals surface area contributed by atoms with Gasteiger partial charge in [0.15, 0.2) is 0 Å². The van der Waals surface area contributed by atoms with Crippen molar-refractivity contribution in [3.63, 3.8) is 0 Å². The van der Waals surface area contributed by atoms with Crippen LogP contribution in [0.15, 0.2) is 30.2 Å². The summed E-state index contributed by atoms with van der Waals surface area (Å²) in [6.45, 7) is 5.17. The second-order valence-corrected chi connectivity index (χ2v) is 3.90. The number of nitrogens with one attached hydrogen (secondary N) is 2. The molecule has 1 aromatic rings. The third-order valence-electron chi connectivity index (χ3n) is 1.71. The predicted octanol–water partition coefficient (Wildman–Crippen LogP) is 2.01. The molecule has 2 N–H and O–H groups in total. The van der Waals surface area contributed by atoms with E-state index in [1.807, 2.05) is 23.6 Å². The molecule has 0 aliphatic heterocycles. The van der Waals surface area contributed by atoms with Crippen LogP contribution in [0.1, 0.15) is 24.3 Å².